The van der Waals surface area contributed by atoms with E-state index in [0.29, 0.717) is 16.7 Å². The number of unbranched alkanes of at least 4 members (excludes halogenated alkanes) is 2. The molecule has 1 nitrogen and oxygen atoms in total. The summed E-state index contributed by atoms with van der Waals surface area (Å²) in [6.45, 7) is 2.10. The van der Waals surface area contributed by atoms with Crippen LogP contribution < -0.4 is 4.74 Å². The van der Waals surface area contributed by atoms with E-state index in [1.165, 1.54) is 24.3 Å². The van der Waals surface area contributed by atoms with Crippen LogP contribution in [0.3, 0.4) is 0 Å². The van der Waals surface area contributed by atoms with Crippen LogP contribution >= 0.6 is 11.6 Å². The largest absolute Gasteiger partial charge is 0.432 e. The number of ether oxygens (including phenoxy) is 1. The maximum absolute atomic E-state index is 15.0. The highest BCUT2D eigenvalue weighted by Gasteiger charge is 2.41. The minimum absolute atomic E-state index is 0.0624. The van der Waals surface area contributed by atoms with Crippen molar-refractivity contribution in [3.8, 4) is 39.1 Å². The second-order valence-electron chi connectivity index (χ2n) is 10.6. The zero-order chi connectivity index (χ0) is 32.3. The Morgan fingerprint density at radius 1 is 0.578 bits per heavy atom. The second kappa shape index (κ2) is 13.4. The summed E-state index contributed by atoms with van der Waals surface area (Å²) in [5.74, 6) is -6.20. The molecule has 0 aliphatic heterocycles. The van der Waals surface area contributed by atoms with Crippen LogP contribution in [0, 0.1) is 29.1 Å². The highest BCUT2D eigenvalue weighted by Crippen LogP contribution is 2.38. The molecule has 0 spiro atoms. The summed E-state index contributed by atoms with van der Waals surface area (Å²) < 4.78 is 107. The summed E-state index contributed by atoms with van der Waals surface area (Å²) in [5, 5.41) is -0.704. The zero-order valence-electron chi connectivity index (χ0n) is 23.9. The van der Waals surface area contributed by atoms with Gasteiger partial charge in [-0.05, 0) is 88.7 Å². The van der Waals surface area contributed by atoms with Gasteiger partial charge in [0.05, 0.1) is 0 Å². The van der Waals surface area contributed by atoms with E-state index in [-0.39, 0.29) is 16.7 Å². The number of halogens is 8. The fourth-order valence-corrected chi connectivity index (χ4v) is 5.12. The third kappa shape index (κ3) is 7.17. The number of hydrogen-bond acceptors (Lipinski definition) is 1. The lowest BCUT2D eigenvalue weighted by Crippen LogP contribution is -2.25. The molecule has 5 aromatic rings. The van der Waals surface area contributed by atoms with E-state index in [4.69, 9.17) is 16.3 Å². The molecule has 9 heteroatoms. The fourth-order valence-electron chi connectivity index (χ4n) is 5.02. The third-order valence-corrected chi connectivity index (χ3v) is 7.75. The normalized spacial score (nSPS) is 11.6. The minimum Gasteiger partial charge on any atom is -0.429 e. The van der Waals surface area contributed by atoms with Gasteiger partial charge < -0.3 is 4.74 Å². The minimum atomic E-state index is -4.35. The Morgan fingerprint density at radius 2 is 1.09 bits per heavy atom. The van der Waals surface area contributed by atoms with E-state index in [1.54, 1.807) is 12.1 Å². The third-order valence-electron chi connectivity index (χ3n) is 7.39. The highest BCUT2D eigenvalue weighted by atomic mass is 35.5. The van der Waals surface area contributed by atoms with Crippen LogP contribution in [0.25, 0.3) is 33.4 Å². The summed E-state index contributed by atoms with van der Waals surface area (Å²) >= 11 is 5.50. The molecule has 232 valence electrons. The van der Waals surface area contributed by atoms with E-state index >= 15 is 8.78 Å². The molecule has 0 fully saturated rings. The standard InChI is InChI=1S/C36H26ClF7O/c1-2-3-4-5-21-6-8-23(9-7-21)25-17-30(39)34(31(40)18-25)36(43,44)45-27-13-10-22(11-14-27)24-12-15-28(29(38)16-24)26-19-32(41)35(37)33(42)20-26/h6-20H,2-5H2,1H3. The van der Waals surface area contributed by atoms with E-state index in [1.807, 2.05) is 12.1 Å². The lowest BCUT2D eigenvalue weighted by Gasteiger charge is -2.20. The van der Waals surface area contributed by atoms with Gasteiger partial charge in [0.25, 0.3) is 0 Å². The maximum atomic E-state index is 15.0. The van der Waals surface area contributed by atoms with Crippen molar-refractivity contribution in [3.05, 3.63) is 136 Å². The monoisotopic (exact) mass is 642 g/mol. The number of aryl methyl sites for hydroxylation is 1. The number of alkyl halides is 2. The Balaban J connectivity index is 1.31. The Kier molecular flexibility index (Phi) is 9.53. The molecule has 5 rings (SSSR count). The summed E-state index contributed by atoms with van der Waals surface area (Å²) in [6.07, 6.45) is -0.282. The van der Waals surface area contributed by atoms with Gasteiger partial charge in [0, 0.05) is 5.56 Å². The van der Waals surface area contributed by atoms with Gasteiger partial charge in [0.15, 0.2) is 0 Å². The van der Waals surface area contributed by atoms with Crippen LogP contribution in [0.4, 0.5) is 30.7 Å². The molecule has 0 unspecified atom stereocenters. The number of benzene rings is 5. The Hall–Kier alpha value is -4.30. The predicted octanol–water partition coefficient (Wildman–Crippen LogP) is 11.9. The first-order valence-corrected chi connectivity index (χ1v) is 14.5. The van der Waals surface area contributed by atoms with Gasteiger partial charge in [-0.15, -0.1) is 0 Å². The van der Waals surface area contributed by atoms with Crippen molar-refractivity contribution in [2.24, 2.45) is 0 Å². The van der Waals surface area contributed by atoms with Gasteiger partial charge in [-0.1, -0.05) is 79.9 Å². The Morgan fingerprint density at radius 3 is 1.67 bits per heavy atom. The van der Waals surface area contributed by atoms with Crippen molar-refractivity contribution in [3.63, 3.8) is 0 Å². The number of rotatable bonds is 10. The van der Waals surface area contributed by atoms with Gasteiger partial charge in [-0.3, -0.25) is 0 Å². The molecule has 0 aromatic heterocycles. The molecule has 0 bridgehead atoms. The summed E-state index contributed by atoms with van der Waals surface area (Å²) in [4.78, 5) is 0. The van der Waals surface area contributed by atoms with Crippen molar-refractivity contribution in [1.29, 1.82) is 0 Å². The van der Waals surface area contributed by atoms with Crippen LogP contribution in [0.15, 0.2) is 91.0 Å². The van der Waals surface area contributed by atoms with Crippen LogP contribution in [0.1, 0.15) is 37.3 Å². The van der Waals surface area contributed by atoms with E-state index < -0.39 is 51.5 Å². The molecule has 5 aromatic carbocycles. The first-order chi connectivity index (χ1) is 21.5. The first-order valence-electron chi connectivity index (χ1n) is 14.2. The molecular formula is C36H26ClF7O. The van der Waals surface area contributed by atoms with Gasteiger partial charge in [0.1, 0.15) is 45.4 Å². The smallest absolute Gasteiger partial charge is 0.429 e. The maximum Gasteiger partial charge on any atom is 0.432 e. The highest BCUT2D eigenvalue weighted by molar-refractivity contribution is 6.31. The van der Waals surface area contributed by atoms with E-state index in [9.17, 15) is 22.0 Å². The molecule has 0 atom stereocenters. The van der Waals surface area contributed by atoms with Crippen LogP contribution in [-0.4, -0.2) is 0 Å². The fraction of sp³-hybridized carbons (Fsp3) is 0.167. The predicted molar refractivity (Wildman–Crippen MR) is 162 cm³/mol. The topological polar surface area (TPSA) is 9.23 Å². The Labute approximate surface area is 260 Å². The molecule has 0 radical (unpaired) electrons. The van der Waals surface area contributed by atoms with Crippen molar-refractivity contribution in [2.45, 2.75) is 38.7 Å². The number of hydrogen-bond donors (Lipinski definition) is 0. The van der Waals surface area contributed by atoms with Crippen LogP contribution in [-0.2, 0) is 12.5 Å². The molecule has 0 heterocycles. The Bertz CT molecular complexity index is 1770. The summed E-state index contributed by atoms with van der Waals surface area (Å²) in [5.41, 5.74) is 0.709. The van der Waals surface area contributed by atoms with Gasteiger partial charge in [0.2, 0.25) is 0 Å². The van der Waals surface area contributed by atoms with Gasteiger partial charge in [-0.25, -0.2) is 22.0 Å². The van der Waals surface area contributed by atoms with Crippen molar-refractivity contribution in [1.82, 2.24) is 0 Å². The zero-order valence-corrected chi connectivity index (χ0v) is 24.7. The molecule has 0 aliphatic rings. The van der Waals surface area contributed by atoms with Crippen LogP contribution in [0.2, 0.25) is 5.02 Å². The van der Waals surface area contributed by atoms with Gasteiger partial charge >= 0.3 is 6.11 Å². The molecule has 0 N–H and O–H groups in total. The molecule has 0 amide bonds. The lowest BCUT2D eigenvalue weighted by atomic mass is 9.99. The second-order valence-corrected chi connectivity index (χ2v) is 10.9. The van der Waals surface area contributed by atoms with Gasteiger partial charge in [-0.2, -0.15) is 8.78 Å². The lowest BCUT2D eigenvalue weighted by molar-refractivity contribution is -0.189. The van der Waals surface area contributed by atoms with E-state index in [0.717, 1.165) is 73.7 Å². The van der Waals surface area contributed by atoms with Crippen molar-refractivity contribution in [2.75, 3.05) is 0 Å². The quantitative estimate of drug-likeness (QED) is 0.0837. The van der Waals surface area contributed by atoms with Crippen LogP contribution in [0.5, 0.6) is 5.75 Å². The van der Waals surface area contributed by atoms with E-state index in [2.05, 4.69) is 6.92 Å². The molecule has 0 saturated heterocycles. The molecule has 0 saturated carbocycles. The molecular weight excluding hydrogens is 617 g/mol. The molecule has 0 aliphatic carbocycles. The average molecular weight is 643 g/mol. The SMILES string of the molecule is CCCCCc1ccc(-c2cc(F)c(C(F)(F)Oc3ccc(-c4ccc(-c5cc(F)c(Cl)c(F)c5)c(F)c4)cc3)c(F)c2)cc1. The molecule has 45 heavy (non-hydrogen) atoms. The summed E-state index contributed by atoms with van der Waals surface area (Å²) in [7, 11) is 0. The summed E-state index contributed by atoms with van der Waals surface area (Å²) in [6, 6.07) is 19.5. The van der Waals surface area contributed by atoms with Crippen molar-refractivity contribution < 1.29 is 35.5 Å². The van der Waals surface area contributed by atoms with Crippen molar-refractivity contribution >= 4 is 11.6 Å². The first kappa shape index (κ1) is 32.1. The average Bonchev–Trinajstić information content (AvgIpc) is 2.99.